The molecule has 0 atom stereocenters. The van der Waals surface area contributed by atoms with Crippen LogP contribution in [0.4, 0.5) is 23.4 Å². The van der Waals surface area contributed by atoms with Gasteiger partial charge < -0.3 is 76.5 Å². The Morgan fingerprint density at radius 2 is 0.690 bits per heavy atom. The normalized spacial score (nSPS) is 10.6. The molecule has 0 aliphatic rings. The van der Waals surface area contributed by atoms with Crippen LogP contribution in [0.2, 0.25) is 0 Å². The lowest BCUT2D eigenvalue weighted by molar-refractivity contribution is 0.0590. The van der Waals surface area contributed by atoms with E-state index >= 15 is 0 Å². The highest BCUT2D eigenvalue weighted by atomic mass is 19.1. The fraction of sp³-hybridized carbons (Fsp3) is 0.202. The number of ether oxygens (including phenoxy) is 10. The molecule has 0 unspecified atom stereocenters. The molecule has 586 valence electrons. The molecule has 0 saturated carbocycles. The van der Waals surface area contributed by atoms with E-state index in [9.17, 15) is 51.7 Å². The van der Waals surface area contributed by atoms with Crippen molar-refractivity contribution in [3.63, 3.8) is 0 Å². The summed E-state index contributed by atoms with van der Waals surface area (Å²) in [6.07, 6.45) is 1.31. The van der Waals surface area contributed by atoms with Crippen LogP contribution in [-0.2, 0) is 101 Å². The molecule has 0 radical (unpaired) electrons. The summed E-state index contributed by atoms with van der Waals surface area (Å²) in [5, 5.41) is 32.8. The molecule has 0 saturated heterocycles. The predicted molar refractivity (Wildman–Crippen MR) is 397 cm³/mol. The zero-order valence-corrected chi connectivity index (χ0v) is 62.0. The van der Waals surface area contributed by atoms with Gasteiger partial charge in [-0.25, -0.2) is 41.7 Å². The first kappa shape index (κ1) is 83.7. The van der Waals surface area contributed by atoms with Crippen LogP contribution in [0.1, 0.15) is 131 Å². The second-order valence-electron chi connectivity index (χ2n) is 24.6. The zero-order chi connectivity index (χ0) is 80.6. The lowest BCUT2D eigenvalue weighted by Gasteiger charge is -2.12. The van der Waals surface area contributed by atoms with Crippen molar-refractivity contribution in [2.24, 2.45) is 0 Å². The number of hydrogen-bond acceptors (Lipinski definition) is 23. The van der Waals surface area contributed by atoms with Gasteiger partial charge in [-0.1, -0.05) is 88.3 Å². The molecule has 0 aliphatic carbocycles. The summed E-state index contributed by atoms with van der Waals surface area (Å²) >= 11 is 0. The number of esters is 3. The molecular weight excluding hydrogens is 1470 g/mol. The highest BCUT2D eigenvalue weighted by Gasteiger charge is 2.18. The number of aromatic carboxylic acids is 1. The summed E-state index contributed by atoms with van der Waals surface area (Å²) in [5.41, 5.74) is 7.28. The molecule has 25 nitrogen and oxygen atoms in total. The van der Waals surface area contributed by atoms with E-state index in [0.717, 1.165) is 0 Å². The van der Waals surface area contributed by atoms with E-state index in [1.807, 2.05) is 0 Å². The van der Waals surface area contributed by atoms with Crippen LogP contribution in [-0.4, -0.2) is 81.8 Å². The number of aryl methyl sites for hydroxylation is 3. The Labute approximate surface area is 645 Å². The van der Waals surface area contributed by atoms with E-state index < -0.39 is 29.8 Å². The molecule has 12 rings (SSSR count). The Balaban J connectivity index is 0.000000176. The minimum Gasteiger partial charge on any atom is -0.489 e. The van der Waals surface area contributed by atoms with Gasteiger partial charge >= 0.3 is 23.9 Å². The average molecular weight is 1550 g/mol. The molecule has 29 heteroatoms. The van der Waals surface area contributed by atoms with Crippen LogP contribution in [0.3, 0.4) is 0 Å². The second-order valence-corrected chi connectivity index (χ2v) is 24.6. The summed E-state index contributed by atoms with van der Waals surface area (Å²) in [6.45, 7) is 6.46. The summed E-state index contributed by atoms with van der Waals surface area (Å²) < 4.78 is 124. The number of carboxylic acids is 1. The summed E-state index contributed by atoms with van der Waals surface area (Å²) in [7, 11) is 3.85. The van der Waals surface area contributed by atoms with E-state index in [4.69, 9.17) is 51.5 Å². The Morgan fingerprint density at radius 3 is 1.01 bits per heavy atom. The van der Waals surface area contributed by atoms with Gasteiger partial charge in [0.25, 0.3) is 5.91 Å². The Bertz CT molecular complexity index is 5170. The van der Waals surface area contributed by atoms with Gasteiger partial charge in [-0.3, -0.25) is 4.79 Å². The number of carboxylic acid groups (broad SMARTS) is 1. The van der Waals surface area contributed by atoms with E-state index in [2.05, 4.69) is 35.2 Å². The number of rotatable bonds is 31. The molecule has 0 spiro atoms. The van der Waals surface area contributed by atoms with Crippen molar-refractivity contribution in [3.8, 4) is 23.0 Å². The maximum absolute atomic E-state index is 14.0. The second kappa shape index (κ2) is 42.6. The number of pyridine rings is 1. The number of nitrogens with one attached hydrogen (secondary N) is 1. The van der Waals surface area contributed by atoms with Gasteiger partial charge in [0.1, 0.15) is 113 Å². The number of aliphatic hydroxyl groups excluding tert-OH is 1. The molecule has 1 amide bonds. The lowest BCUT2D eigenvalue weighted by atomic mass is 10.1. The molecule has 12 aromatic rings. The number of hydrogen-bond donors (Lipinski definition) is 3. The molecular formula is C84H77F4N5O20. The Morgan fingerprint density at radius 1 is 0.372 bits per heavy atom. The van der Waals surface area contributed by atoms with Crippen molar-refractivity contribution in [1.82, 2.24) is 20.5 Å². The van der Waals surface area contributed by atoms with Crippen molar-refractivity contribution in [1.29, 1.82) is 0 Å². The van der Waals surface area contributed by atoms with Crippen molar-refractivity contribution >= 4 is 35.6 Å². The van der Waals surface area contributed by atoms with E-state index in [-0.39, 0.29) is 124 Å². The van der Waals surface area contributed by atoms with Crippen molar-refractivity contribution in [3.05, 3.63) is 336 Å². The van der Waals surface area contributed by atoms with Crippen LogP contribution in [0.25, 0.3) is 0 Å². The van der Waals surface area contributed by atoms with Crippen molar-refractivity contribution in [2.75, 3.05) is 26.6 Å². The van der Waals surface area contributed by atoms with Gasteiger partial charge in [0.2, 0.25) is 0 Å². The summed E-state index contributed by atoms with van der Waals surface area (Å²) in [5.74, 6) is -0.778. The molecule has 0 bridgehead atoms. The highest BCUT2D eigenvalue weighted by molar-refractivity contribution is 6.04. The van der Waals surface area contributed by atoms with Crippen LogP contribution in [0.15, 0.2) is 220 Å². The third-order valence-corrected chi connectivity index (χ3v) is 15.8. The Kier molecular flexibility index (Phi) is 31.5. The predicted octanol–water partition coefficient (Wildman–Crippen LogP) is 15.9. The van der Waals surface area contributed by atoms with E-state index in [0.29, 0.717) is 107 Å². The minimum atomic E-state index is -1.08. The standard InChI is InChI=1S/C27H24FN3O6.C21H20FNO5.C20H18FNO5.C16H15FO4/c1-17-9-22(31-37-17)16-35-14-18-10-21(12-23(11-18)36-15-20-5-3-4-6-24(20)28)26(32)30-25-8-7-19(13-29-25)27(33)34-2;1-14-7-18(23-28-14)13-26-11-15-8-17(21(24)25-2)10-19(9-15)27-12-16-5-3-4-6-20(16)22;1-13-6-17(22-27-13)12-25-10-14-7-16(20(23)24)9-18(8-14)26-11-15-4-2-3-5-19(15)21;1-20-16(19)13-6-11(9-18)7-14(8-13)21-10-12-4-2-3-5-15(12)17/h3-13H,14-16H2,1-2H3,(H,29,30,32);3-10H,11-13H2,1-2H3;2-9H,10-12H2,1H3,(H,23,24);2-8,18H,9-10H2,1H3. The fourth-order valence-electron chi connectivity index (χ4n) is 10.3. The molecule has 113 heavy (non-hydrogen) atoms. The number of benzene rings is 8. The molecule has 8 aromatic carbocycles. The molecule has 0 aliphatic heterocycles. The van der Waals surface area contributed by atoms with Crippen LogP contribution >= 0.6 is 0 Å². The Hall–Kier alpha value is -13.4. The van der Waals surface area contributed by atoms with Crippen LogP contribution < -0.4 is 24.3 Å². The summed E-state index contributed by atoms with van der Waals surface area (Å²) in [6, 6.07) is 52.5. The molecule has 3 N–H and O–H groups in total. The average Bonchev–Trinajstić information content (AvgIpc) is 1.41. The zero-order valence-electron chi connectivity index (χ0n) is 62.0. The third-order valence-electron chi connectivity index (χ3n) is 15.8. The number of amides is 1. The molecule has 0 fully saturated rings. The topological polar surface area (TPSA) is 321 Å². The first-order valence-electron chi connectivity index (χ1n) is 34.5. The summed E-state index contributed by atoms with van der Waals surface area (Å²) in [4.78, 5) is 63.5. The largest absolute Gasteiger partial charge is 0.489 e. The number of halogens is 4. The molecule has 4 aromatic heterocycles. The van der Waals surface area contributed by atoms with Gasteiger partial charge in [-0.05, 0) is 152 Å². The maximum Gasteiger partial charge on any atom is 0.339 e. The van der Waals surface area contributed by atoms with Gasteiger partial charge in [0, 0.05) is 52.2 Å². The number of aromatic nitrogens is 4. The number of anilines is 1. The maximum atomic E-state index is 14.0. The number of methoxy groups -OCH3 is 3. The number of carbonyl (C=O) groups excluding carboxylic acids is 4. The van der Waals surface area contributed by atoms with Crippen molar-refractivity contribution in [2.45, 2.75) is 93.4 Å². The monoisotopic (exact) mass is 1550 g/mol. The van der Waals surface area contributed by atoms with E-state index in [1.54, 1.807) is 160 Å². The van der Waals surface area contributed by atoms with Gasteiger partial charge in [-0.15, -0.1) is 0 Å². The van der Waals surface area contributed by atoms with Gasteiger partial charge in [0.05, 0.1) is 89.8 Å². The fourth-order valence-corrected chi connectivity index (χ4v) is 10.3. The smallest absolute Gasteiger partial charge is 0.339 e. The minimum absolute atomic E-state index is 0.00570. The van der Waals surface area contributed by atoms with Crippen LogP contribution in [0.5, 0.6) is 23.0 Å². The lowest BCUT2D eigenvalue weighted by Crippen LogP contribution is -2.14. The first-order chi connectivity index (χ1) is 54.6. The quantitative estimate of drug-likeness (QED) is 0.0206. The number of aliphatic hydroxyl groups is 1. The molecule has 4 heterocycles. The highest BCUT2D eigenvalue weighted by Crippen LogP contribution is 2.27. The van der Waals surface area contributed by atoms with Gasteiger partial charge in [0.15, 0.2) is 0 Å². The van der Waals surface area contributed by atoms with Crippen LogP contribution in [0, 0.1) is 44.0 Å². The third kappa shape index (κ3) is 26.7. The number of carbonyl (C=O) groups is 5. The van der Waals surface area contributed by atoms with Gasteiger partial charge in [-0.2, -0.15) is 0 Å². The van der Waals surface area contributed by atoms with Crippen molar-refractivity contribution < 1.29 is 113 Å². The number of nitrogens with zero attached hydrogens (tertiary/aromatic N) is 4. The first-order valence-corrected chi connectivity index (χ1v) is 34.5. The SMILES string of the molecule is COC(=O)c1cc(CO)cc(OCc2ccccc2F)c1.COC(=O)c1cc(COCc2cc(C)on2)cc(OCc2ccccc2F)c1.COC(=O)c1ccc(NC(=O)c2cc(COCc3cc(C)on3)cc(OCc3ccccc3F)c2)nc1.Cc1cc(COCc2cc(OCc3ccccc3F)cc(C(=O)O)c2)no1. The van der Waals surface area contributed by atoms with E-state index in [1.165, 1.54) is 88.2 Å².